The third-order valence-electron chi connectivity index (χ3n) is 6.24. The van der Waals surface area contributed by atoms with Crippen molar-refractivity contribution in [2.75, 3.05) is 18.0 Å². The SMILES string of the molecule is Cc1ccc2c(N3CCC(c4nc5ccccc5o4)CC3)c(C(N)=O)c(=O)n(C)c2c1. The quantitative estimate of drug-likeness (QED) is 0.552. The van der Waals surface area contributed by atoms with Gasteiger partial charge in [-0.2, -0.15) is 0 Å². The Balaban J connectivity index is 1.53. The number of piperidine rings is 1. The van der Waals surface area contributed by atoms with Crippen molar-refractivity contribution in [2.45, 2.75) is 25.7 Å². The number of fused-ring (bicyclic) bond motifs is 2. The monoisotopic (exact) mass is 416 g/mol. The fourth-order valence-corrected chi connectivity index (χ4v) is 4.60. The van der Waals surface area contributed by atoms with Gasteiger partial charge in [0, 0.05) is 31.4 Å². The number of nitrogens with two attached hydrogens (primary N) is 1. The average molecular weight is 416 g/mol. The number of amides is 1. The van der Waals surface area contributed by atoms with E-state index in [1.807, 2.05) is 49.4 Å². The predicted molar refractivity (Wildman–Crippen MR) is 121 cm³/mol. The fraction of sp³-hybridized carbons (Fsp3) is 0.292. The maximum Gasteiger partial charge on any atom is 0.265 e. The van der Waals surface area contributed by atoms with Crippen molar-refractivity contribution < 1.29 is 9.21 Å². The molecule has 2 aromatic carbocycles. The van der Waals surface area contributed by atoms with Crippen LogP contribution in [0.4, 0.5) is 5.69 Å². The van der Waals surface area contributed by atoms with Gasteiger partial charge >= 0.3 is 0 Å². The van der Waals surface area contributed by atoms with Crippen molar-refractivity contribution >= 4 is 33.6 Å². The summed E-state index contributed by atoms with van der Waals surface area (Å²) in [7, 11) is 1.68. The molecule has 2 aromatic heterocycles. The van der Waals surface area contributed by atoms with Crippen LogP contribution in [0.2, 0.25) is 0 Å². The zero-order valence-electron chi connectivity index (χ0n) is 17.6. The molecule has 158 valence electrons. The molecular weight excluding hydrogens is 392 g/mol. The van der Waals surface area contributed by atoms with Crippen molar-refractivity contribution in [3.05, 3.63) is 69.8 Å². The largest absolute Gasteiger partial charge is 0.440 e. The lowest BCUT2D eigenvalue weighted by molar-refractivity contribution is 0.0999. The number of carbonyl (C=O) groups excluding carboxylic acids is 1. The molecule has 1 aliphatic heterocycles. The third-order valence-corrected chi connectivity index (χ3v) is 6.24. The summed E-state index contributed by atoms with van der Waals surface area (Å²) in [6, 6.07) is 13.7. The van der Waals surface area contributed by atoms with Crippen LogP contribution in [-0.2, 0) is 7.05 Å². The molecule has 1 saturated heterocycles. The third kappa shape index (κ3) is 3.17. The summed E-state index contributed by atoms with van der Waals surface area (Å²) in [5.74, 6) is 0.250. The molecule has 1 fully saturated rings. The molecule has 7 heteroatoms. The minimum atomic E-state index is -0.695. The summed E-state index contributed by atoms with van der Waals surface area (Å²) in [4.78, 5) is 32.0. The van der Waals surface area contributed by atoms with Crippen LogP contribution in [-0.4, -0.2) is 28.5 Å². The number of benzene rings is 2. The van der Waals surface area contributed by atoms with Gasteiger partial charge in [0.2, 0.25) is 0 Å². The molecule has 0 radical (unpaired) electrons. The van der Waals surface area contributed by atoms with E-state index in [1.54, 1.807) is 7.05 Å². The second-order valence-corrected chi connectivity index (χ2v) is 8.25. The van der Waals surface area contributed by atoms with Crippen molar-refractivity contribution in [1.29, 1.82) is 0 Å². The Bertz CT molecular complexity index is 1340. The minimum absolute atomic E-state index is 0.0548. The lowest BCUT2D eigenvalue weighted by Crippen LogP contribution is -2.38. The highest BCUT2D eigenvalue weighted by Crippen LogP contribution is 2.35. The fourth-order valence-electron chi connectivity index (χ4n) is 4.60. The number of aromatic nitrogens is 2. The molecule has 0 bridgehead atoms. The molecule has 7 nitrogen and oxygen atoms in total. The maximum atomic E-state index is 13.0. The van der Waals surface area contributed by atoms with Gasteiger partial charge in [-0.15, -0.1) is 0 Å². The van der Waals surface area contributed by atoms with E-state index >= 15 is 0 Å². The summed E-state index contributed by atoms with van der Waals surface area (Å²) in [6.07, 6.45) is 1.63. The Morgan fingerprint density at radius 1 is 1.16 bits per heavy atom. The number of hydrogen-bond acceptors (Lipinski definition) is 5. The van der Waals surface area contributed by atoms with Crippen LogP contribution >= 0.6 is 0 Å². The lowest BCUT2D eigenvalue weighted by Gasteiger charge is -2.34. The molecule has 0 aliphatic carbocycles. The van der Waals surface area contributed by atoms with Crippen LogP contribution in [0.1, 0.15) is 40.6 Å². The molecule has 0 unspecified atom stereocenters. The Labute approximate surface area is 179 Å². The second-order valence-electron chi connectivity index (χ2n) is 8.25. The molecule has 2 N–H and O–H groups in total. The first kappa shape index (κ1) is 19.4. The van der Waals surface area contributed by atoms with E-state index in [4.69, 9.17) is 10.2 Å². The first-order chi connectivity index (χ1) is 14.9. The van der Waals surface area contributed by atoms with Crippen LogP contribution in [0, 0.1) is 6.92 Å². The molecule has 0 atom stereocenters. The normalized spacial score (nSPS) is 15.1. The number of aryl methyl sites for hydroxylation is 2. The second kappa shape index (κ2) is 7.27. The number of anilines is 1. The van der Waals surface area contributed by atoms with Crippen molar-refractivity contribution in [3.63, 3.8) is 0 Å². The van der Waals surface area contributed by atoms with Crippen molar-refractivity contribution in [2.24, 2.45) is 12.8 Å². The van der Waals surface area contributed by atoms with E-state index in [1.165, 1.54) is 4.57 Å². The smallest absolute Gasteiger partial charge is 0.265 e. The highest BCUT2D eigenvalue weighted by atomic mass is 16.3. The number of rotatable bonds is 3. The molecule has 3 heterocycles. The highest BCUT2D eigenvalue weighted by molar-refractivity contribution is 6.07. The summed E-state index contributed by atoms with van der Waals surface area (Å²) in [6.45, 7) is 3.34. The molecule has 0 spiro atoms. The van der Waals surface area contributed by atoms with Crippen LogP contribution in [0.15, 0.2) is 51.7 Å². The molecule has 4 aromatic rings. The molecule has 0 saturated carbocycles. The van der Waals surface area contributed by atoms with Crippen molar-refractivity contribution in [1.82, 2.24) is 9.55 Å². The zero-order valence-corrected chi connectivity index (χ0v) is 17.6. The van der Waals surface area contributed by atoms with Gasteiger partial charge in [-0.1, -0.05) is 24.3 Å². The number of nitrogens with zero attached hydrogens (tertiary/aromatic N) is 3. The first-order valence-electron chi connectivity index (χ1n) is 10.5. The van der Waals surface area contributed by atoms with Crippen molar-refractivity contribution in [3.8, 4) is 0 Å². The summed E-state index contributed by atoms with van der Waals surface area (Å²) < 4.78 is 7.48. The zero-order chi connectivity index (χ0) is 21.7. The van der Waals surface area contributed by atoms with E-state index < -0.39 is 5.91 Å². The average Bonchev–Trinajstić information content (AvgIpc) is 3.20. The summed E-state index contributed by atoms with van der Waals surface area (Å²) in [5, 5.41) is 0.863. The number of oxazole rings is 1. The van der Waals surface area contributed by atoms with Gasteiger partial charge in [0.25, 0.3) is 11.5 Å². The van der Waals surface area contributed by atoms with Gasteiger partial charge in [0.1, 0.15) is 11.1 Å². The van der Waals surface area contributed by atoms with E-state index in [2.05, 4.69) is 9.88 Å². The van der Waals surface area contributed by atoms with Gasteiger partial charge in [0.05, 0.1) is 11.2 Å². The van der Waals surface area contributed by atoms with Crippen LogP contribution < -0.4 is 16.2 Å². The molecule has 1 amide bonds. The number of primary amides is 1. The minimum Gasteiger partial charge on any atom is -0.440 e. The van der Waals surface area contributed by atoms with Gasteiger partial charge in [-0.25, -0.2) is 4.98 Å². The molecule has 31 heavy (non-hydrogen) atoms. The predicted octanol–water partition coefficient (Wildman–Crippen LogP) is 3.47. The number of para-hydroxylation sites is 2. The Morgan fingerprint density at radius 3 is 2.61 bits per heavy atom. The van der Waals surface area contributed by atoms with Crippen LogP contribution in [0.5, 0.6) is 0 Å². The van der Waals surface area contributed by atoms with Crippen LogP contribution in [0.25, 0.3) is 22.0 Å². The maximum absolute atomic E-state index is 13.0. The number of carbonyl (C=O) groups is 1. The van der Waals surface area contributed by atoms with E-state index in [0.29, 0.717) is 18.8 Å². The Morgan fingerprint density at radius 2 is 1.90 bits per heavy atom. The summed E-state index contributed by atoms with van der Waals surface area (Å²) in [5.41, 5.74) is 9.51. The highest BCUT2D eigenvalue weighted by Gasteiger charge is 2.29. The Kier molecular flexibility index (Phi) is 4.54. The van der Waals surface area contributed by atoms with Crippen LogP contribution in [0.3, 0.4) is 0 Å². The first-order valence-corrected chi connectivity index (χ1v) is 10.5. The van der Waals surface area contributed by atoms with E-state index in [9.17, 15) is 9.59 Å². The van der Waals surface area contributed by atoms with Gasteiger partial charge in [0.15, 0.2) is 11.5 Å². The Hall–Kier alpha value is -3.61. The number of pyridine rings is 1. The van der Waals surface area contributed by atoms with Gasteiger partial charge in [-0.05, 0) is 43.5 Å². The summed E-state index contributed by atoms with van der Waals surface area (Å²) >= 11 is 0. The lowest BCUT2D eigenvalue weighted by atomic mass is 9.95. The standard InChI is InChI=1S/C24H24N4O3/c1-14-7-8-16-18(13-14)27(2)24(30)20(22(25)29)21(16)28-11-9-15(10-12-28)23-26-17-5-3-4-6-19(17)31-23/h3-8,13,15H,9-12H2,1-2H3,(H2,25,29). The topological polar surface area (TPSA) is 94.4 Å². The molecular formula is C24H24N4O3. The van der Waals surface area contributed by atoms with Gasteiger partial charge in [-0.3, -0.25) is 9.59 Å². The molecule has 1 aliphatic rings. The molecule has 5 rings (SSSR count). The van der Waals surface area contributed by atoms with Gasteiger partial charge < -0.3 is 19.6 Å². The van der Waals surface area contributed by atoms with E-state index in [-0.39, 0.29) is 17.0 Å². The van der Waals surface area contributed by atoms with E-state index in [0.717, 1.165) is 46.3 Å². The number of hydrogen-bond donors (Lipinski definition) is 1.